The third kappa shape index (κ3) is 6.91. The van der Waals surface area contributed by atoms with Crippen LogP contribution in [-0.2, 0) is 9.59 Å². The van der Waals surface area contributed by atoms with E-state index >= 15 is 0 Å². The number of carbonyl (C=O) groups excluding carboxylic acids is 4. The van der Waals surface area contributed by atoms with Crippen molar-refractivity contribution in [1.29, 1.82) is 0 Å². The smallest absolute Gasteiger partial charge is 0.262 e. The van der Waals surface area contributed by atoms with Gasteiger partial charge in [-0.3, -0.25) is 14.4 Å². The van der Waals surface area contributed by atoms with Gasteiger partial charge in [0.1, 0.15) is 11.7 Å². The summed E-state index contributed by atoms with van der Waals surface area (Å²) in [7, 11) is 1.47. The maximum Gasteiger partial charge on any atom is 0.262 e. The van der Waals surface area contributed by atoms with Gasteiger partial charge in [-0.05, 0) is 66.8 Å². The number of benzene rings is 3. The highest BCUT2D eigenvalue weighted by atomic mass is 35.5. The van der Waals surface area contributed by atoms with E-state index in [-0.39, 0.29) is 23.6 Å². The molecule has 2 heterocycles. The lowest BCUT2D eigenvalue weighted by Gasteiger charge is -2.34. The van der Waals surface area contributed by atoms with E-state index in [9.17, 15) is 19.2 Å². The summed E-state index contributed by atoms with van der Waals surface area (Å²) in [6, 6.07) is 17.0. The molecule has 0 aliphatic carbocycles. The molecular weight excluding hydrogens is 603 g/mol. The molecular formula is C33H32Cl2N4O5. The van der Waals surface area contributed by atoms with Gasteiger partial charge in [-0.1, -0.05) is 35.3 Å². The molecule has 9 nitrogen and oxygen atoms in total. The van der Waals surface area contributed by atoms with Gasteiger partial charge in [0.05, 0.1) is 29.5 Å². The first-order chi connectivity index (χ1) is 21.3. The standard InChI is InChI=1S/C33H32Cl2N4O5/c1-44-30-21-24(36-32(42)25-6-2-3-7-28(25)35)9-10-26(30)33(43)39-12-4-5-22(27-20-23(34)8-11-29(27)39)19-31(41)38-15-13-37(14-16-38)17-18-40/h2-3,6-11,17,20-22H,4-5,12-16,19H2,1H3,(H,36,42). The molecule has 1 unspecified atom stereocenters. The second-order valence-corrected chi connectivity index (χ2v) is 11.6. The zero-order valence-electron chi connectivity index (χ0n) is 24.2. The third-order valence-corrected chi connectivity index (χ3v) is 8.60. The predicted octanol–water partition coefficient (Wildman–Crippen LogP) is 5.66. The molecule has 2 aliphatic rings. The van der Waals surface area contributed by atoms with Gasteiger partial charge >= 0.3 is 0 Å². The molecule has 0 spiro atoms. The molecule has 0 saturated carbocycles. The molecule has 3 aromatic rings. The van der Waals surface area contributed by atoms with Crippen LogP contribution in [0.25, 0.3) is 0 Å². The number of halogens is 2. The predicted molar refractivity (Wildman–Crippen MR) is 171 cm³/mol. The number of methoxy groups -OCH3 is 1. The van der Waals surface area contributed by atoms with Crippen LogP contribution in [-0.4, -0.2) is 73.3 Å². The van der Waals surface area contributed by atoms with Crippen LogP contribution in [0.15, 0.2) is 66.9 Å². The van der Waals surface area contributed by atoms with Gasteiger partial charge in [0, 0.05) is 61.6 Å². The lowest BCUT2D eigenvalue weighted by Crippen LogP contribution is -2.47. The van der Waals surface area contributed by atoms with Crippen molar-refractivity contribution in [3.05, 3.63) is 93.6 Å². The maximum atomic E-state index is 14.0. The van der Waals surface area contributed by atoms with Gasteiger partial charge in [0.25, 0.3) is 11.8 Å². The average Bonchev–Trinajstić information content (AvgIpc) is 3.20. The second kappa shape index (κ2) is 14.0. The zero-order chi connectivity index (χ0) is 31.2. The van der Waals surface area contributed by atoms with Crippen molar-refractivity contribution >= 4 is 58.2 Å². The lowest BCUT2D eigenvalue weighted by atomic mass is 9.90. The van der Waals surface area contributed by atoms with Crippen LogP contribution < -0.4 is 15.0 Å². The summed E-state index contributed by atoms with van der Waals surface area (Å²) in [5, 5.41) is 3.67. The van der Waals surface area contributed by atoms with E-state index in [1.807, 2.05) is 21.9 Å². The second-order valence-electron chi connectivity index (χ2n) is 10.7. The summed E-state index contributed by atoms with van der Waals surface area (Å²) in [4.78, 5) is 56.2. The fraction of sp³-hybridized carbons (Fsp3) is 0.303. The van der Waals surface area contributed by atoms with Crippen LogP contribution in [0.2, 0.25) is 10.0 Å². The zero-order valence-corrected chi connectivity index (χ0v) is 25.7. The molecule has 1 N–H and O–H groups in total. The number of anilines is 2. The topological polar surface area (TPSA) is 99.3 Å². The Labute approximate surface area is 266 Å². The van der Waals surface area contributed by atoms with E-state index in [1.165, 1.54) is 13.3 Å². The van der Waals surface area contributed by atoms with Crippen molar-refractivity contribution < 1.29 is 23.9 Å². The number of fused-ring (bicyclic) bond motifs is 1. The molecule has 2 aliphatic heterocycles. The summed E-state index contributed by atoms with van der Waals surface area (Å²) in [6.07, 6.45) is 3.07. The number of nitrogens with one attached hydrogen (secondary N) is 1. The van der Waals surface area contributed by atoms with Crippen LogP contribution in [0.1, 0.15) is 51.5 Å². The molecule has 3 amide bonds. The van der Waals surface area contributed by atoms with E-state index < -0.39 is 0 Å². The number of rotatable bonds is 7. The third-order valence-electron chi connectivity index (χ3n) is 8.03. The first-order valence-corrected chi connectivity index (χ1v) is 15.1. The summed E-state index contributed by atoms with van der Waals surface area (Å²) >= 11 is 12.6. The highest BCUT2D eigenvalue weighted by Crippen LogP contribution is 2.40. The van der Waals surface area contributed by atoms with Crippen molar-refractivity contribution in [1.82, 2.24) is 9.80 Å². The van der Waals surface area contributed by atoms with Crippen molar-refractivity contribution in [3.8, 4) is 5.75 Å². The fourth-order valence-electron chi connectivity index (χ4n) is 5.74. The minimum absolute atomic E-state index is 0.0338. The van der Waals surface area contributed by atoms with Gasteiger partial charge in [-0.25, -0.2) is 4.79 Å². The highest BCUT2D eigenvalue weighted by Gasteiger charge is 2.31. The Morgan fingerprint density at radius 3 is 2.48 bits per heavy atom. The number of ether oxygens (including phenoxy) is 1. The Morgan fingerprint density at radius 2 is 1.75 bits per heavy atom. The van der Waals surface area contributed by atoms with Gasteiger partial charge in [0.15, 0.2) is 0 Å². The number of hydrogen-bond donors (Lipinski definition) is 1. The van der Waals surface area contributed by atoms with Crippen LogP contribution in [0.4, 0.5) is 11.4 Å². The first-order valence-electron chi connectivity index (χ1n) is 14.4. The fourth-order valence-corrected chi connectivity index (χ4v) is 6.14. The molecule has 1 atom stereocenters. The van der Waals surface area contributed by atoms with Gasteiger partial charge in [0.2, 0.25) is 5.91 Å². The Kier molecular flexibility index (Phi) is 9.90. The molecule has 1 saturated heterocycles. The molecule has 5 rings (SSSR count). The highest BCUT2D eigenvalue weighted by molar-refractivity contribution is 6.34. The summed E-state index contributed by atoms with van der Waals surface area (Å²) in [6.45, 7) is 2.68. The first kappa shape index (κ1) is 31.1. The summed E-state index contributed by atoms with van der Waals surface area (Å²) in [5.74, 6) is 1.37. The minimum Gasteiger partial charge on any atom is -0.496 e. The van der Waals surface area contributed by atoms with E-state index in [4.69, 9.17) is 27.9 Å². The Bertz CT molecular complexity index is 1620. The van der Waals surface area contributed by atoms with Crippen molar-refractivity contribution in [2.45, 2.75) is 25.2 Å². The molecule has 44 heavy (non-hydrogen) atoms. The average molecular weight is 636 g/mol. The van der Waals surface area contributed by atoms with E-state index in [0.29, 0.717) is 90.3 Å². The van der Waals surface area contributed by atoms with Crippen LogP contribution in [0.5, 0.6) is 5.75 Å². The number of amides is 3. The molecule has 0 bridgehead atoms. The molecule has 228 valence electrons. The van der Waals surface area contributed by atoms with Crippen LogP contribution in [0.3, 0.4) is 0 Å². The van der Waals surface area contributed by atoms with Crippen LogP contribution >= 0.6 is 23.2 Å². The Morgan fingerprint density at radius 1 is 0.977 bits per heavy atom. The molecule has 11 heteroatoms. The van der Waals surface area contributed by atoms with Gasteiger partial charge in [-0.2, -0.15) is 0 Å². The number of hydrogen-bond acceptors (Lipinski definition) is 6. The van der Waals surface area contributed by atoms with E-state index in [2.05, 4.69) is 5.32 Å². The van der Waals surface area contributed by atoms with E-state index in [1.54, 1.807) is 59.4 Å². The van der Waals surface area contributed by atoms with Gasteiger partial charge < -0.3 is 24.8 Å². The molecule has 1 fully saturated rings. The number of carbonyl (C=O) groups is 3. The maximum absolute atomic E-state index is 14.0. The number of nitrogens with zero attached hydrogens (tertiary/aromatic N) is 3. The Balaban J connectivity index is 1.36. The molecule has 3 aromatic carbocycles. The molecule has 0 aromatic heterocycles. The number of piperazine rings is 1. The van der Waals surface area contributed by atoms with E-state index in [0.717, 1.165) is 5.56 Å². The van der Waals surface area contributed by atoms with Crippen molar-refractivity contribution in [2.75, 3.05) is 50.1 Å². The summed E-state index contributed by atoms with van der Waals surface area (Å²) in [5.41, 5.74) is 2.67. The van der Waals surface area contributed by atoms with Gasteiger partial charge in [-0.15, -0.1) is 0 Å². The van der Waals surface area contributed by atoms with Crippen molar-refractivity contribution in [3.63, 3.8) is 0 Å². The Hall–Kier alpha value is -4.30. The minimum atomic E-state index is -0.379. The quantitative estimate of drug-likeness (QED) is 0.337. The monoisotopic (exact) mass is 634 g/mol. The summed E-state index contributed by atoms with van der Waals surface area (Å²) < 4.78 is 5.59. The van der Waals surface area contributed by atoms with Crippen molar-refractivity contribution in [2.24, 2.45) is 0 Å². The normalized spacial score (nSPS) is 16.3. The SMILES string of the molecule is COc1cc(NC(=O)c2ccccc2Cl)ccc1C(=O)N1CCCC(CC(=O)N2CCN(C=C=O)CC2)c2cc(Cl)ccc21. The largest absolute Gasteiger partial charge is 0.496 e. The molecule has 0 radical (unpaired) electrons. The lowest BCUT2D eigenvalue weighted by molar-refractivity contribution is -0.133. The van der Waals surface area contributed by atoms with Crippen LogP contribution in [0, 0.1) is 0 Å².